The number of rotatable bonds is 4. The van der Waals surface area contributed by atoms with Gasteiger partial charge >= 0.3 is 0 Å². The lowest BCUT2D eigenvalue weighted by Gasteiger charge is -2.18. The largest absolute Gasteiger partial charge is 0.455 e. The van der Waals surface area contributed by atoms with Gasteiger partial charge in [-0.3, -0.25) is 0 Å². The van der Waals surface area contributed by atoms with E-state index in [0.29, 0.717) is 0 Å². The van der Waals surface area contributed by atoms with Crippen molar-refractivity contribution < 1.29 is 8.83 Å². The fourth-order valence-electron chi connectivity index (χ4n) is 10.9. The van der Waals surface area contributed by atoms with Gasteiger partial charge in [0, 0.05) is 43.8 Å². The molecule has 12 aromatic carbocycles. The molecule has 14 aromatic rings. The lowest BCUT2D eigenvalue weighted by atomic mass is 9.84. The van der Waals surface area contributed by atoms with Gasteiger partial charge in [-0.2, -0.15) is 0 Å². The number of benzene rings is 12. The molecular weight excluding hydrogens is 777 g/mol. The van der Waals surface area contributed by atoms with Gasteiger partial charge in [0.05, 0.1) is 0 Å². The van der Waals surface area contributed by atoms with E-state index in [4.69, 9.17) is 8.83 Å². The molecular formula is C62H36O2. The van der Waals surface area contributed by atoms with E-state index in [1.807, 2.05) is 0 Å². The fourth-order valence-corrected chi connectivity index (χ4v) is 10.9. The van der Waals surface area contributed by atoms with Crippen molar-refractivity contribution in [3.63, 3.8) is 0 Å². The smallest absolute Gasteiger partial charge is 0.144 e. The summed E-state index contributed by atoms with van der Waals surface area (Å²) in [5.74, 6) is 1.71. The van der Waals surface area contributed by atoms with Crippen LogP contribution in [0.1, 0.15) is 0 Å². The van der Waals surface area contributed by atoms with Crippen LogP contribution in [0.15, 0.2) is 227 Å². The van der Waals surface area contributed by atoms with Gasteiger partial charge in [-0.05, 0) is 87.9 Å². The quantitative estimate of drug-likeness (QED) is 0.131. The average molecular weight is 813 g/mol. The normalized spacial score (nSPS) is 12.1. The van der Waals surface area contributed by atoms with Crippen molar-refractivity contribution in [2.24, 2.45) is 0 Å². The van der Waals surface area contributed by atoms with E-state index >= 15 is 0 Å². The van der Waals surface area contributed by atoms with Crippen molar-refractivity contribution in [3.05, 3.63) is 218 Å². The van der Waals surface area contributed by atoms with Crippen LogP contribution in [0.5, 0.6) is 0 Å². The van der Waals surface area contributed by atoms with Gasteiger partial charge in [0.25, 0.3) is 0 Å². The zero-order valence-corrected chi connectivity index (χ0v) is 34.6. The van der Waals surface area contributed by atoms with E-state index < -0.39 is 0 Å². The topological polar surface area (TPSA) is 26.3 Å². The van der Waals surface area contributed by atoms with Crippen molar-refractivity contribution in [2.45, 2.75) is 0 Å². The summed E-state index contributed by atoms with van der Waals surface area (Å²) in [6.45, 7) is 0. The Morgan fingerprint density at radius 2 is 0.516 bits per heavy atom. The first-order chi connectivity index (χ1) is 31.8. The molecule has 0 spiro atoms. The van der Waals surface area contributed by atoms with Crippen molar-refractivity contribution in [2.75, 3.05) is 0 Å². The third kappa shape index (κ3) is 4.91. The Hall–Kier alpha value is -8.46. The van der Waals surface area contributed by atoms with Crippen molar-refractivity contribution in [3.8, 4) is 44.9 Å². The molecule has 0 amide bonds. The zero-order chi connectivity index (χ0) is 41.9. The minimum atomic E-state index is 0.857. The fraction of sp³-hybridized carbons (Fsp3) is 0. The minimum Gasteiger partial charge on any atom is -0.455 e. The summed E-state index contributed by atoms with van der Waals surface area (Å²) in [6, 6.07) is 78.9. The number of fused-ring (bicyclic) bond motifs is 15. The van der Waals surface area contributed by atoms with Crippen LogP contribution < -0.4 is 0 Å². The van der Waals surface area contributed by atoms with Gasteiger partial charge in [0.2, 0.25) is 0 Å². The van der Waals surface area contributed by atoms with E-state index in [0.717, 1.165) is 110 Å². The highest BCUT2D eigenvalue weighted by Gasteiger charge is 2.30. The predicted molar refractivity (Wildman–Crippen MR) is 270 cm³/mol. The first-order valence-electron chi connectivity index (χ1n) is 22.0. The molecule has 64 heavy (non-hydrogen) atoms. The molecule has 0 saturated carbocycles. The van der Waals surface area contributed by atoms with Crippen LogP contribution in [0.3, 0.4) is 0 Å². The van der Waals surface area contributed by atoms with Gasteiger partial charge in [-0.15, -0.1) is 0 Å². The Morgan fingerprint density at radius 3 is 0.906 bits per heavy atom. The lowest BCUT2D eigenvalue weighted by molar-refractivity contribution is 0.636. The van der Waals surface area contributed by atoms with Crippen LogP contribution in [-0.4, -0.2) is 0 Å². The Bertz CT molecular complexity index is 3950. The summed E-state index contributed by atoms with van der Waals surface area (Å²) in [4.78, 5) is 0. The third-order valence-corrected chi connectivity index (χ3v) is 13.6. The van der Waals surface area contributed by atoms with Gasteiger partial charge in [-0.25, -0.2) is 0 Å². The summed E-state index contributed by atoms with van der Waals surface area (Å²) in [6.07, 6.45) is 0. The third-order valence-electron chi connectivity index (χ3n) is 13.6. The Labute approximate surface area is 367 Å². The summed E-state index contributed by atoms with van der Waals surface area (Å²) in [7, 11) is 0. The van der Waals surface area contributed by atoms with E-state index in [1.165, 1.54) is 32.3 Å². The molecule has 0 unspecified atom stereocenters. The van der Waals surface area contributed by atoms with Crippen LogP contribution >= 0.6 is 0 Å². The maximum absolute atomic E-state index is 7.55. The molecule has 0 aliphatic heterocycles. The molecule has 296 valence electrons. The van der Waals surface area contributed by atoms with Gasteiger partial charge in [0.15, 0.2) is 0 Å². The molecule has 0 atom stereocenters. The lowest BCUT2D eigenvalue weighted by Crippen LogP contribution is -1.92. The van der Waals surface area contributed by atoms with Crippen LogP contribution in [0.4, 0.5) is 0 Å². The molecule has 0 aliphatic carbocycles. The molecule has 2 heteroatoms. The standard InChI is InChI=1S/C62H36O2/c1-3-19-37(20-4-1)53-57-45-29-13-9-25-41(45)43-27-11-17-33-49(43)59(57)63-61(53)55-47-31-15-16-32-48(47)56(52-36-40-24-8-7-23-39(40)35-51(52)55)62-54(38-21-5-2-6-22-38)58-46-30-14-10-26-42(46)44-28-12-18-34-50(44)60(58)64-62/h1-36H. The molecule has 0 N–H and O–H groups in total. The SMILES string of the molecule is c1ccc(-c2c(-c3c4ccccc4c(-c4oc5c6ccccc6c6ccccc6c5c4-c4ccccc4)c4cc5ccccc5cc34)oc3c4ccccc4c4ccccc4c23)cc1. The molecule has 0 aliphatic rings. The first kappa shape index (κ1) is 35.2. The maximum Gasteiger partial charge on any atom is 0.144 e. The van der Waals surface area contributed by atoms with Crippen LogP contribution in [0, 0.1) is 0 Å². The average Bonchev–Trinajstić information content (AvgIpc) is 3.96. The second-order valence-electron chi connectivity index (χ2n) is 17.0. The van der Waals surface area contributed by atoms with Gasteiger partial charge in [0.1, 0.15) is 22.7 Å². The van der Waals surface area contributed by atoms with Crippen LogP contribution in [0.25, 0.3) is 142 Å². The van der Waals surface area contributed by atoms with E-state index in [1.54, 1.807) is 0 Å². The highest BCUT2D eigenvalue weighted by atomic mass is 16.3. The van der Waals surface area contributed by atoms with Gasteiger partial charge in [-0.1, -0.05) is 206 Å². The second kappa shape index (κ2) is 13.5. The van der Waals surface area contributed by atoms with Crippen LogP contribution in [-0.2, 0) is 0 Å². The Morgan fingerprint density at radius 1 is 0.219 bits per heavy atom. The zero-order valence-electron chi connectivity index (χ0n) is 34.6. The van der Waals surface area contributed by atoms with Crippen molar-refractivity contribution in [1.29, 1.82) is 0 Å². The molecule has 0 fully saturated rings. The van der Waals surface area contributed by atoms with E-state index in [-0.39, 0.29) is 0 Å². The maximum atomic E-state index is 7.55. The van der Waals surface area contributed by atoms with Gasteiger partial charge < -0.3 is 8.83 Å². The highest BCUT2D eigenvalue weighted by Crippen LogP contribution is 2.55. The predicted octanol–water partition coefficient (Wildman–Crippen LogP) is 17.9. The molecule has 2 heterocycles. The Kier molecular flexibility index (Phi) is 7.43. The summed E-state index contributed by atoms with van der Waals surface area (Å²) < 4.78 is 15.1. The Balaban J connectivity index is 1.22. The van der Waals surface area contributed by atoms with Crippen LogP contribution in [0.2, 0.25) is 0 Å². The molecule has 0 saturated heterocycles. The summed E-state index contributed by atoms with van der Waals surface area (Å²) in [5.41, 5.74) is 8.34. The molecule has 0 bridgehead atoms. The van der Waals surface area contributed by atoms with Crippen molar-refractivity contribution >= 4 is 97.3 Å². The summed E-state index contributed by atoms with van der Waals surface area (Å²) >= 11 is 0. The molecule has 14 rings (SSSR count). The molecule has 2 aromatic heterocycles. The monoisotopic (exact) mass is 812 g/mol. The number of hydrogen-bond acceptors (Lipinski definition) is 2. The first-order valence-corrected chi connectivity index (χ1v) is 22.0. The van der Waals surface area contributed by atoms with Crippen molar-refractivity contribution in [1.82, 2.24) is 0 Å². The van der Waals surface area contributed by atoms with E-state index in [9.17, 15) is 0 Å². The summed E-state index contributed by atoms with van der Waals surface area (Å²) in [5, 5.41) is 18.3. The number of furan rings is 2. The second-order valence-corrected chi connectivity index (χ2v) is 17.0. The number of hydrogen-bond donors (Lipinski definition) is 0. The molecule has 2 nitrogen and oxygen atoms in total. The van der Waals surface area contributed by atoms with E-state index in [2.05, 4.69) is 218 Å². The molecule has 0 radical (unpaired) electrons. The minimum absolute atomic E-state index is 0.857. The highest BCUT2D eigenvalue weighted by molar-refractivity contribution is 6.33.